The highest BCUT2D eigenvalue weighted by Gasteiger charge is 1.94. The van der Waals surface area contributed by atoms with Gasteiger partial charge < -0.3 is 11.5 Å². The van der Waals surface area contributed by atoms with E-state index in [1.54, 1.807) is 0 Å². The number of nitrogens with zero attached hydrogens (tertiary/aromatic N) is 1. The first-order chi connectivity index (χ1) is 4.33. The smallest absolute Gasteiger partial charge is 0.180 e. The van der Waals surface area contributed by atoms with Crippen molar-refractivity contribution in [3.05, 3.63) is 11.1 Å². The molecule has 0 aliphatic rings. The van der Waals surface area contributed by atoms with Gasteiger partial charge in [-0.3, -0.25) is 0 Å². The number of anilines is 1. The first-order valence-corrected chi connectivity index (χ1v) is 3.61. The maximum absolute atomic E-state index is 5.38. The summed E-state index contributed by atoms with van der Waals surface area (Å²) in [7, 11) is 0. The van der Waals surface area contributed by atoms with E-state index in [0.29, 0.717) is 11.7 Å². The van der Waals surface area contributed by atoms with Gasteiger partial charge in [0.25, 0.3) is 0 Å². The molecular weight excluding hydrogens is 214 g/mol. The molecule has 4 N–H and O–H groups in total. The summed E-state index contributed by atoms with van der Waals surface area (Å²) in [5.41, 5.74) is 11.7. The van der Waals surface area contributed by atoms with Crippen LogP contribution in [0.4, 0.5) is 5.13 Å². The lowest BCUT2D eigenvalue weighted by Gasteiger charge is -1.86. The van der Waals surface area contributed by atoms with Gasteiger partial charge in [-0.1, -0.05) is 0 Å². The lowest BCUT2D eigenvalue weighted by atomic mass is 10.3. The van der Waals surface area contributed by atoms with E-state index >= 15 is 0 Å². The Labute approximate surface area is 74.2 Å². The average molecular weight is 224 g/mol. The second-order valence-electron chi connectivity index (χ2n) is 1.72. The lowest BCUT2D eigenvalue weighted by Crippen LogP contribution is -2.02. The van der Waals surface area contributed by atoms with Crippen LogP contribution in [0, 0.1) is 0 Å². The van der Waals surface area contributed by atoms with E-state index in [9.17, 15) is 0 Å². The Morgan fingerprint density at radius 2 is 2.30 bits per heavy atom. The van der Waals surface area contributed by atoms with Crippen molar-refractivity contribution in [1.82, 2.24) is 4.98 Å². The summed E-state index contributed by atoms with van der Waals surface area (Å²) >= 11 is 1.46. The van der Waals surface area contributed by atoms with Crippen LogP contribution in [0.25, 0.3) is 0 Å². The predicted octanol–water partition coefficient (Wildman–Crippen LogP) is 0.804. The van der Waals surface area contributed by atoms with Crippen molar-refractivity contribution in [2.45, 2.75) is 6.42 Å². The fraction of sp³-hybridized carbons (Fsp3) is 0.400. The average Bonchev–Trinajstić information content (AvgIpc) is 2.17. The topological polar surface area (TPSA) is 64.9 Å². The van der Waals surface area contributed by atoms with Crippen LogP contribution in [0.1, 0.15) is 5.69 Å². The van der Waals surface area contributed by atoms with Gasteiger partial charge in [-0.05, 0) is 6.54 Å². The zero-order chi connectivity index (χ0) is 6.69. The number of thiazole rings is 1. The lowest BCUT2D eigenvalue weighted by molar-refractivity contribution is 0.937. The molecule has 0 fully saturated rings. The fourth-order valence-electron chi connectivity index (χ4n) is 0.585. The molecule has 0 bridgehead atoms. The van der Waals surface area contributed by atoms with E-state index < -0.39 is 0 Å². The van der Waals surface area contributed by atoms with Gasteiger partial charge in [0.05, 0.1) is 5.69 Å². The van der Waals surface area contributed by atoms with E-state index in [2.05, 4.69) is 4.98 Å². The highest BCUT2D eigenvalue weighted by molar-refractivity contribution is 8.93. The molecule has 0 saturated carbocycles. The van der Waals surface area contributed by atoms with Gasteiger partial charge in [-0.25, -0.2) is 4.98 Å². The molecule has 0 atom stereocenters. The maximum Gasteiger partial charge on any atom is 0.180 e. The number of nitrogens with two attached hydrogens (primary N) is 2. The van der Waals surface area contributed by atoms with Gasteiger partial charge in [-0.15, -0.1) is 28.3 Å². The van der Waals surface area contributed by atoms with Gasteiger partial charge in [0, 0.05) is 11.8 Å². The van der Waals surface area contributed by atoms with Crippen LogP contribution in [0.15, 0.2) is 5.38 Å². The van der Waals surface area contributed by atoms with Crippen LogP contribution in [0.2, 0.25) is 0 Å². The summed E-state index contributed by atoms with van der Waals surface area (Å²) in [5, 5.41) is 2.56. The summed E-state index contributed by atoms with van der Waals surface area (Å²) in [5.74, 6) is 0. The van der Waals surface area contributed by atoms with Crippen molar-refractivity contribution < 1.29 is 0 Å². The molecule has 0 unspecified atom stereocenters. The minimum absolute atomic E-state index is 0. The molecule has 0 spiro atoms. The highest BCUT2D eigenvalue weighted by Crippen LogP contribution is 2.10. The van der Waals surface area contributed by atoms with E-state index in [0.717, 1.165) is 12.1 Å². The van der Waals surface area contributed by atoms with Crippen LogP contribution < -0.4 is 11.5 Å². The molecule has 1 heterocycles. The molecule has 5 heteroatoms. The summed E-state index contributed by atoms with van der Waals surface area (Å²) in [6.45, 7) is 0.642. The van der Waals surface area contributed by atoms with Crippen LogP contribution in [0.5, 0.6) is 0 Å². The zero-order valence-electron chi connectivity index (χ0n) is 5.41. The predicted molar refractivity (Wildman–Crippen MR) is 49.6 cm³/mol. The van der Waals surface area contributed by atoms with E-state index in [4.69, 9.17) is 11.5 Å². The molecule has 1 aromatic rings. The fourth-order valence-corrected chi connectivity index (χ4v) is 1.18. The number of rotatable bonds is 2. The van der Waals surface area contributed by atoms with E-state index in [-0.39, 0.29) is 17.0 Å². The molecule has 0 saturated heterocycles. The molecule has 0 radical (unpaired) electrons. The Bertz CT molecular complexity index is 189. The van der Waals surface area contributed by atoms with Gasteiger partial charge in [0.2, 0.25) is 0 Å². The Kier molecular flexibility index (Phi) is 4.59. The molecule has 3 nitrogen and oxygen atoms in total. The third-order valence-corrected chi connectivity index (χ3v) is 1.69. The molecule has 10 heavy (non-hydrogen) atoms. The largest absolute Gasteiger partial charge is 0.375 e. The summed E-state index contributed by atoms with van der Waals surface area (Å²) < 4.78 is 0. The maximum atomic E-state index is 5.38. The van der Waals surface area contributed by atoms with Crippen molar-refractivity contribution in [2.75, 3.05) is 12.3 Å². The number of halogens is 1. The van der Waals surface area contributed by atoms with Crippen LogP contribution in [-0.4, -0.2) is 11.5 Å². The first kappa shape index (κ1) is 9.87. The Morgan fingerprint density at radius 1 is 1.60 bits per heavy atom. The van der Waals surface area contributed by atoms with E-state index in [1.807, 2.05) is 5.38 Å². The first-order valence-electron chi connectivity index (χ1n) is 2.73. The van der Waals surface area contributed by atoms with Crippen molar-refractivity contribution in [3.63, 3.8) is 0 Å². The third-order valence-electron chi connectivity index (χ3n) is 0.970. The van der Waals surface area contributed by atoms with Crippen molar-refractivity contribution in [2.24, 2.45) is 5.73 Å². The van der Waals surface area contributed by atoms with Gasteiger partial charge >= 0.3 is 0 Å². The van der Waals surface area contributed by atoms with E-state index in [1.165, 1.54) is 11.3 Å². The molecule has 1 aromatic heterocycles. The molecular formula is C5H10BrN3S. The molecule has 0 aromatic carbocycles. The zero-order valence-corrected chi connectivity index (χ0v) is 7.94. The van der Waals surface area contributed by atoms with Gasteiger partial charge in [-0.2, -0.15) is 0 Å². The molecule has 1 rings (SSSR count). The summed E-state index contributed by atoms with van der Waals surface area (Å²) in [4.78, 5) is 4.02. The SMILES string of the molecule is Br.NCCc1csc(N)n1. The standard InChI is InChI=1S/C5H9N3S.BrH/c6-2-1-4-3-9-5(7)8-4;/h3H,1-2,6H2,(H2,7,8);1H. The summed E-state index contributed by atoms with van der Waals surface area (Å²) in [6, 6.07) is 0. The number of hydrogen-bond acceptors (Lipinski definition) is 4. The van der Waals surface area contributed by atoms with Gasteiger partial charge in [0.1, 0.15) is 0 Å². The minimum atomic E-state index is 0. The van der Waals surface area contributed by atoms with Crippen LogP contribution in [0.3, 0.4) is 0 Å². The molecule has 0 aliphatic carbocycles. The Hall–Kier alpha value is -0.130. The molecule has 58 valence electrons. The quantitative estimate of drug-likeness (QED) is 0.781. The van der Waals surface area contributed by atoms with Crippen LogP contribution in [-0.2, 0) is 6.42 Å². The third kappa shape index (κ3) is 2.64. The second kappa shape index (κ2) is 4.65. The monoisotopic (exact) mass is 223 g/mol. The normalized spacial score (nSPS) is 8.90. The number of aromatic nitrogens is 1. The molecule has 0 amide bonds. The van der Waals surface area contributed by atoms with Crippen molar-refractivity contribution in [3.8, 4) is 0 Å². The van der Waals surface area contributed by atoms with Gasteiger partial charge in [0.15, 0.2) is 5.13 Å². The van der Waals surface area contributed by atoms with Crippen molar-refractivity contribution in [1.29, 1.82) is 0 Å². The number of nitrogen functional groups attached to an aromatic ring is 1. The molecule has 0 aliphatic heterocycles. The second-order valence-corrected chi connectivity index (χ2v) is 2.61. The minimum Gasteiger partial charge on any atom is -0.375 e. The van der Waals surface area contributed by atoms with Crippen LogP contribution >= 0.6 is 28.3 Å². The highest BCUT2D eigenvalue weighted by atomic mass is 79.9. The summed E-state index contributed by atoms with van der Waals surface area (Å²) in [6.07, 6.45) is 0.827. The Balaban J connectivity index is 0.000000810. The number of hydrogen-bond donors (Lipinski definition) is 2. The Morgan fingerprint density at radius 3 is 2.70 bits per heavy atom. The van der Waals surface area contributed by atoms with Crippen molar-refractivity contribution >= 4 is 33.4 Å².